The van der Waals surface area contributed by atoms with Crippen LogP contribution in [0.25, 0.3) is 0 Å². The van der Waals surface area contributed by atoms with Crippen molar-refractivity contribution in [2.75, 3.05) is 6.61 Å². The second-order valence-electron chi connectivity index (χ2n) is 2.35. The van der Waals surface area contributed by atoms with Gasteiger partial charge < -0.3 is 4.74 Å². The van der Waals surface area contributed by atoms with Crippen molar-refractivity contribution in [1.82, 2.24) is 4.98 Å². The molecule has 3 nitrogen and oxygen atoms in total. The van der Waals surface area contributed by atoms with Gasteiger partial charge in [-0.3, -0.25) is 4.98 Å². The molecule has 0 aliphatic heterocycles. The molecule has 0 unspecified atom stereocenters. The van der Waals surface area contributed by atoms with Crippen LogP contribution >= 0.6 is 11.6 Å². The molecule has 0 fully saturated rings. The first-order valence-electron chi connectivity index (χ1n) is 3.89. The average Bonchev–Trinajstić information content (AvgIpc) is 2.18. The van der Waals surface area contributed by atoms with Gasteiger partial charge in [0.15, 0.2) is 0 Å². The second-order valence-corrected chi connectivity index (χ2v) is 2.62. The van der Waals surface area contributed by atoms with E-state index in [1.165, 1.54) is 6.20 Å². The Labute approximate surface area is 81.9 Å². The molecule has 4 heteroatoms. The lowest BCUT2D eigenvalue weighted by molar-refractivity contribution is 0.338. The highest BCUT2D eigenvalue weighted by Crippen LogP contribution is 2.18. The van der Waals surface area contributed by atoms with Crippen molar-refractivity contribution in [3.63, 3.8) is 0 Å². The Morgan fingerprint density at radius 2 is 2.46 bits per heavy atom. The lowest BCUT2D eigenvalue weighted by atomic mass is 10.2. The zero-order valence-electron chi connectivity index (χ0n) is 7.25. The third-order valence-corrected chi connectivity index (χ3v) is 1.75. The fraction of sp³-hybridized carbons (Fsp3) is 0.333. The number of halogens is 1. The number of rotatable bonds is 3. The standard InChI is InChI=1S/C9H9ClN2O/c1-2-13-9-3-8(4-10)12-6-7(9)5-11/h3,6H,2,4H2,1H3. The SMILES string of the molecule is CCOc1cc(CCl)ncc1C#N. The molecule has 1 aromatic heterocycles. The molecular formula is C9H9ClN2O. The lowest BCUT2D eigenvalue weighted by Gasteiger charge is -2.05. The van der Waals surface area contributed by atoms with Gasteiger partial charge in [-0.1, -0.05) is 0 Å². The van der Waals surface area contributed by atoms with Crippen molar-refractivity contribution in [1.29, 1.82) is 5.26 Å². The fourth-order valence-electron chi connectivity index (χ4n) is 0.909. The van der Waals surface area contributed by atoms with E-state index in [9.17, 15) is 0 Å². The van der Waals surface area contributed by atoms with Crippen LogP contribution in [-0.4, -0.2) is 11.6 Å². The summed E-state index contributed by atoms with van der Waals surface area (Å²) in [5.74, 6) is 0.877. The second kappa shape index (κ2) is 4.68. The summed E-state index contributed by atoms with van der Waals surface area (Å²) in [4.78, 5) is 3.98. The zero-order valence-corrected chi connectivity index (χ0v) is 8.01. The van der Waals surface area contributed by atoms with Crippen molar-refractivity contribution in [2.45, 2.75) is 12.8 Å². The Bertz CT molecular complexity index is 333. The molecule has 0 atom stereocenters. The molecule has 1 aromatic rings. The Kier molecular flexibility index (Phi) is 3.53. The summed E-state index contributed by atoms with van der Waals surface area (Å²) >= 11 is 5.59. The molecule has 1 rings (SSSR count). The summed E-state index contributed by atoms with van der Waals surface area (Å²) in [5.41, 5.74) is 1.15. The summed E-state index contributed by atoms with van der Waals surface area (Å²) < 4.78 is 5.25. The zero-order chi connectivity index (χ0) is 9.68. The number of pyridine rings is 1. The average molecular weight is 197 g/mol. The van der Waals surface area contributed by atoms with Gasteiger partial charge >= 0.3 is 0 Å². The predicted molar refractivity (Wildman–Crippen MR) is 49.7 cm³/mol. The van der Waals surface area contributed by atoms with Gasteiger partial charge in [-0.2, -0.15) is 5.26 Å². The van der Waals surface area contributed by atoms with Crippen LogP contribution in [0.5, 0.6) is 5.75 Å². The Morgan fingerprint density at radius 3 is 3.00 bits per heavy atom. The first kappa shape index (κ1) is 9.82. The minimum atomic E-state index is 0.325. The van der Waals surface area contributed by atoms with Gasteiger partial charge in [-0.25, -0.2) is 0 Å². The van der Waals surface area contributed by atoms with Crippen LogP contribution in [0.1, 0.15) is 18.2 Å². The van der Waals surface area contributed by atoms with Crippen molar-refractivity contribution < 1.29 is 4.74 Å². The summed E-state index contributed by atoms with van der Waals surface area (Å²) in [5, 5.41) is 8.71. The van der Waals surface area contributed by atoms with Crippen LogP contribution < -0.4 is 4.74 Å². The maximum absolute atomic E-state index is 8.71. The summed E-state index contributed by atoms with van der Waals surface area (Å²) in [6.07, 6.45) is 1.47. The number of ether oxygens (including phenoxy) is 1. The van der Waals surface area contributed by atoms with Gasteiger partial charge in [0.25, 0.3) is 0 Å². The molecule has 0 spiro atoms. The Morgan fingerprint density at radius 1 is 1.69 bits per heavy atom. The normalized spacial score (nSPS) is 9.31. The molecule has 68 valence electrons. The van der Waals surface area contributed by atoms with Crippen LogP contribution in [0.2, 0.25) is 0 Å². The van der Waals surface area contributed by atoms with Crippen LogP contribution in [0, 0.1) is 11.3 Å². The molecule has 13 heavy (non-hydrogen) atoms. The van der Waals surface area contributed by atoms with Crippen molar-refractivity contribution in [3.05, 3.63) is 23.5 Å². The molecule has 0 aliphatic rings. The minimum absolute atomic E-state index is 0.325. The number of hydrogen-bond acceptors (Lipinski definition) is 3. The van der Waals surface area contributed by atoms with Crippen molar-refractivity contribution >= 4 is 11.6 Å². The molecular weight excluding hydrogens is 188 g/mol. The van der Waals surface area contributed by atoms with E-state index in [1.54, 1.807) is 6.07 Å². The number of nitrogens with zero attached hydrogens (tertiary/aromatic N) is 2. The molecule has 0 aromatic carbocycles. The highest BCUT2D eigenvalue weighted by molar-refractivity contribution is 6.16. The molecule has 0 N–H and O–H groups in total. The Balaban J connectivity index is 3.04. The molecule has 1 heterocycles. The van der Waals surface area contributed by atoms with Gasteiger partial charge in [-0.05, 0) is 6.92 Å². The fourth-order valence-corrected chi connectivity index (χ4v) is 1.06. The van der Waals surface area contributed by atoms with E-state index in [0.29, 0.717) is 29.5 Å². The number of aromatic nitrogens is 1. The van der Waals surface area contributed by atoms with Gasteiger partial charge in [0, 0.05) is 12.3 Å². The predicted octanol–water partition coefficient (Wildman–Crippen LogP) is 2.09. The third kappa shape index (κ3) is 2.33. The maximum atomic E-state index is 8.71. The molecule has 0 aliphatic carbocycles. The monoisotopic (exact) mass is 196 g/mol. The van der Waals surface area contributed by atoms with Crippen molar-refractivity contribution in [3.8, 4) is 11.8 Å². The maximum Gasteiger partial charge on any atom is 0.140 e. The van der Waals surface area contributed by atoms with E-state index >= 15 is 0 Å². The topological polar surface area (TPSA) is 45.9 Å². The molecule has 0 bridgehead atoms. The molecule has 0 saturated carbocycles. The van der Waals surface area contributed by atoms with Crippen LogP contribution in [0.3, 0.4) is 0 Å². The summed E-state index contributed by atoms with van der Waals surface area (Å²) in [7, 11) is 0. The largest absolute Gasteiger partial charge is 0.492 e. The lowest BCUT2D eigenvalue weighted by Crippen LogP contribution is -1.97. The number of nitriles is 1. The van der Waals surface area contributed by atoms with E-state index in [0.717, 1.165) is 0 Å². The van der Waals surface area contributed by atoms with E-state index in [2.05, 4.69) is 4.98 Å². The third-order valence-electron chi connectivity index (χ3n) is 1.48. The van der Waals surface area contributed by atoms with E-state index in [-0.39, 0.29) is 0 Å². The quantitative estimate of drug-likeness (QED) is 0.696. The van der Waals surface area contributed by atoms with Gasteiger partial charge in [0.2, 0.25) is 0 Å². The van der Waals surface area contributed by atoms with E-state index in [1.807, 2.05) is 13.0 Å². The number of hydrogen-bond donors (Lipinski definition) is 0. The van der Waals surface area contributed by atoms with Gasteiger partial charge in [-0.15, -0.1) is 11.6 Å². The van der Waals surface area contributed by atoms with Crippen LogP contribution in [0.4, 0.5) is 0 Å². The smallest absolute Gasteiger partial charge is 0.140 e. The highest BCUT2D eigenvalue weighted by atomic mass is 35.5. The summed E-state index contributed by atoms with van der Waals surface area (Å²) in [6, 6.07) is 3.69. The summed E-state index contributed by atoms with van der Waals surface area (Å²) in [6.45, 7) is 2.39. The highest BCUT2D eigenvalue weighted by Gasteiger charge is 2.04. The van der Waals surface area contributed by atoms with E-state index in [4.69, 9.17) is 21.6 Å². The molecule has 0 saturated heterocycles. The molecule has 0 radical (unpaired) electrons. The van der Waals surface area contributed by atoms with Crippen LogP contribution in [-0.2, 0) is 5.88 Å². The van der Waals surface area contributed by atoms with Crippen molar-refractivity contribution in [2.24, 2.45) is 0 Å². The minimum Gasteiger partial charge on any atom is -0.492 e. The first-order valence-corrected chi connectivity index (χ1v) is 4.43. The number of alkyl halides is 1. The van der Waals surface area contributed by atoms with Gasteiger partial charge in [0.1, 0.15) is 17.4 Å². The van der Waals surface area contributed by atoms with E-state index < -0.39 is 0 Å². The van der Waals surface area contributed by atoms with Gasteiger partial charge in [0.05, 0.1) is 18.2 Å². The Hall–Kier alpha value is -1.27. The first-order chi connectivity index (χ1) is 6.31. The molecule has 0 amide bonds. The van der Waals surface area contributed by atoms with Crippen LogP contribution in [0.15, 0.2) is 12.3 Å².